The smallest absolute Gasteiger partial charge is 0.320 e. The van der Waals surface area contributed by atoms with Crippen LogP contribution in [0.4, 0.5) is 0 Å². The Morgan fingerprint density at radius 1 is 1.27 bits per heavy atom. The molecule has 0 spiro atoms. The van der Waals surface area contributed by atoms with Gasteiger partial charge in [0.2, 0.25) is 5.91 Å². The number of hydrogen-bond donors (Lipinski definition) is 1. The van der Waals surface area contributed by atoms with Crippen molar-refractivity contribution in [2.24, 2.45) is 5.92 Å². The predicted molar refractivity (Wildman–Crippen MR) is 84.5 cm³/mol. The summed E-state index contributed by atoms with van der Waals surface area (Å²) in [6.45, 7) is 9.52. The van der Waals surface area contributed by atoms with E-state index in [9.17, 15) is 9.59 Å². The fraction of sp³-hybridized carbons (Fsp3) is 0.875. The third-order valence-electron chi connectivity index (χ3n) is 3.74. The van der Waals surface area contributed by atoms with Gasteiger partial charge in [0.15, 0.2) is 0 Å². The van der Waals surface area contributed by atoms with Gasteiger partial charge in [-0.25, -0.2) is 0 Å². The van der Waals surface area contributed by atoms with Crippen LogP contribution in [0, 0.1) is 5.92 Å². The number of hydrogen-bond acceptors (Lipinski definition) is 5. The highest BCUT2D eigenvalue weighted by atomic mass is 16.6. The van der Waals surface area contributed by atoms with Gasteiger partial charge in [-0.1, -0.05) is 0 Å². The lowest BCUT2D eigenvalue weighted by Gasteiger charge is -2.37. The Morgan fingerprint density at radius 3 is 2.55 bits per heavy atom. The Kier molecular flexibility index (Phi) is 7.29. The molecule has 0 aliphatic carbocycles. The zero-order valence-electron chi connectivity index (χ0n) is 14.5. The number of carbonyl (C=O) groups is 2. The molecule has 0 bridgehead atoms. The number of rotatable bonds is 6. The van der Waals surface area contributed by atoms with Crippen molar-refractivity contribution in [2.75, 3.05) is 33.4 Å². The summed E-state index contributed by atoms with van der Waals surface area (Å²) in [5.74, 6) is -0.270. The molecule has 0 radical (unpaired) electrons. The standard InChI is InChI=1S/C16H30N2O4/c1-12-6-7-13(15(20)17-8-9-21-5)10-18(12)11-14(19)22-16(2,3)4/h12-13H,6-11H2,1-5H3,(H,17,20). The monoisotopic (exact) mass is 314 g/mol. The third-order valence-corrected chi connectivity index (χ3v) is 3.74. The summed E-state index contributed by atoms with van der Waals surface area (Å²) in [6, 6.07) is 0.288. The molecule has 6 heteroatoms. The predicted octanol–water partition coefficient (Wildman–Crippen LogP) is 1.19. The van der Waals surface area contributed by atoms with Crippen molar-refractivity contribution >= 4 is 11.9 Å². The van der Waals surface area contributed by atoms with Gasteiger partial charge in [0.1, 0.15) is 5.60 Å². The van der Waals surface area contributed by atoms with E-state index in [2.05, 4.69) is 12.2 Å². The number of nitrogens with zero attached hydrogens (tertiary/aromatic N) is 1. The van der Waals surface area contributed by atoms with E-state index < -0.39 is 5.60 Å². The lowest BCUT2D eigenvalue weighted by atomic mass is 9.92. The number of likely N-dealkylation sites (tertiary alicyclic amines) is 1. The first-order chi connectivity index (χ1) is 10.2. The van der Waals surface area contributed by atoms with Gasteiger partial charge in [-0.3, -0.25) is 14.5 Å². The first-order valence-corrected chi connectivity index (χ1v) is 7.95. The number of esters is 1. The molecule has 1 amide bonds. The highest BCUT2D eigenvalue weighted by molar-refractivity contribution is 5.79. The van der Waals surface area contributed by atoms with Crippen LogP contribution < -0.4 is 5.32 Å². The van der Waals surface area contributed by atoms with Gasteiger partial charge >= 0.3 is 5.97 Å². The van der Waals surface area contributed by atoms with Crippen LogP contribution in [0.25, 0.3) is 0 Å². The first kappa shape index (κ1) is 18.9. The zero-order valence-corrected chi connectivity index (χ0v) is 14.5. The molecule has 1 fully saturated rings. The van der Waals surface area contributed by atoms with Crippen LogP contribution >= 0.6 is 0 Å². The minimum absolute atomic E-state index is 0.0399. The lowest BCUT2D eigenvalue weighted by molar-refractivity contribution is -0.157. The Labute approximate surface area is 133 Å². The van der Waals surface area contributed by atoms with Crippen molar-refractivity contribution in [3.63, 3.8) is 0 Å². The van der Waals surface area contributed by atoms with Crippen LogP contribution in [0.1, 0.15) is 40.5 Å². The number of ether oxygens (including phenoxy) is 2. The van der Waals surface area contributed by atoms with Crippen molar-refractivity contribution in [3.8, 4) is 0 Å². The van der Waals surface area contributed by atoms with E-state index in [4.69, 9.17) is 9.47 Å². The number of carbonyl (C=O) groups excluding carboxylic acids is 2. The maximum absolute atomic E-state index is 12.1. The van der Waals surface area contributed by atoms with Gasteiger partial charge in [0.05, 0.1) is 19.1 Å². The van der Waals surface area contributed by atoms with Crippen molar-refractivity contribution < 1.29 is 19.1 Å². The molecule has 1 aliphatic rings. The molecular formula is C16H30N2O4. The molecule has 22 heavy (non-hydrogen) atoms. The number of nitrogens with one attached hydrogen (secondary N) is 1. The average Bonchev–Trinajstić information content (AvgIpc) is 2.39. The summed E-state index contributed by atoms with van der Waals surface area (Å²) >= 11 is 0. The maximum atomic E-state index is 12.1. The molecule has 6 nitrogen and oxygen atoms in total. The van der Waals surface area contributed by atoms with Crippen LogP contribution in [-0.4, -0.2) is 61.8 Å². The molecule has 1 aliphatic heterocycles. The quantitative estimate of drug-likeness (QED) is 0.589. The zero-order chi connectivity index (χ0) is 16.8. The van der Waals surface area contributed by atoms with Crippen LogP contribution in [0.3, 0.4) is 0 Å². The average molecular weight is 314 g/mol. The van der Waals surface area contributed by atoms with Crippen molar-refractivity contribution in [2.45, 2.75) is 52.2 Å². The topological polar surface area (TPSA) is 67.9 Å². The van der Waals surface area contributed by atoms with Gasteiger partial charge in [0.25, 0.3) is 0 Å². The van der Waals surface area contributed by atoms with E-state index in [1.807, 2.05) is 25.7 Å². The second-order valence-electron chi connectivity index (χ2n) is 6.92. The molecule has 2 unspecified atom stereocenters. The molecule has 0 aromatic heterocycles. The highest BCUT2D eigenvalue weighted by Crippen LogP contribution is 2.22. The van der Waals surface area contributed by atoms with Crippen LogP contribution in [0.5, 0.6) is 0 Å². The molecular weight excluding hydrogens is 284 g/mol. The van der Waals surface area contributed by atoms with Crippen LogP contribution in [0.15, 0.2) is 0 Å². The van der Waals surface area contributed by atoms with Crippen LogP contribution in [-0.2, 0) is 19.1 Å². The Balaban J connectivity index is 2.49. The summed E-state index contributed by atoms with van der Waals surface area (Å²) in [5.41, 5.74) is -0.479. The van der Waals surface area contributed by atoms with Gasteiger partial charge in [-0.2, -0.15) is 0 Å². The van der Waals surface area contributed by atoms with Crippen LogP contribution in [0.2, 0.25) is 0 Å². The van der Waals surface area contributed by atoms with Gasteiger partial charge in [-0.15, -0.1) is 0 Å². The van der Waals surface area contributed by atoms with Crippen molar-refractivity contribution in [1.82, 2.24) is 10.2 Å². The second-order valence-corrected chi connectivity index (χ2v) is 6.92. The molecule has 2 atom stereocenters. The van der Waals surface area contributed by atoms with E-state index in [0.717, 1.165) is 12.8 Å². The summed E-state index contributed by atoms with van der Waals surface area (Å²) in [5, 5.41) is 2.87. The number of piperidine rings is 1. The van der Waals surface area contributed by atoms with Gasteiger partial charge < -0.3 is 14.8 Å². The molecule has 0 aromatic rings. The lowest BCUT2D eigenvalue weighted by Crippen LogP contribution is -2.49. The van der Waals surface area contributed by atoms with Gasteiger partial charge in [0, 0.05) is 26.2 Å². The minimum Gasteiger partial charge on any atom is -0.459 e. The second kappa shape index (κ2) is 8.48. The van der Waals surface area contributed by atoms with E-state index in [1.165, 1.54) is 0 Å². The summed E-state index contributed by atoms with van der Waals surface area (Å²) in [7, 11) is 1.61. The fourth-order valence-corrected chi connectivity index (χ4v) is 2.57. The van der Waals surface area contributed by atoms with E-state index in [-0.39, 0.29) is 30.4 Å². The molecule has 1 saturated heterocycles. The SMILES string of the molecule is COCCNC(=O)C1CCC(C)N(CC(=O)OC(C)(C)C)C1. The highest BCUT2D eigenvalue weighted by Gasteiger charge is 2.31. The fourth-order valence-electron chi connectivity index (χ4n) is 2.57. The summed E-state index contributed by atoms with van der Waals surface area (Å²) < 4.78 is 10.3. The molecule has 1 N–H and O–H groups in total. The third kappa shape index (κ3) is 6.75. The normalized spacial score (nSPS) is 23.1. The largest absolute Gasteiger partial charge is 0.459 e. The number of amides is 1. The van der Waals surface area contributed by atoms with E-state index in [1.54, 1.807) is 7.11 Å². The summed E-state index contributed by atoms with van der Waals surface area (Å²) in [6.07, 6.45) is 1.76. The number of methoxy groups -OCH3 is 1. The Bertz CT molecular complexity index is 379. The van der Waals surface area contributed by atoms with E-state index in [0.29, 0.717) is 19.7 Å². The molecule has 1 heterocycles. The summed E-state index contributed by atoms with van der Waals surface area (Å²) in [4.78, 5) is 26.1. The molecule has 0 aromatic carbocycles. The minimum atomic E-state index is -0.479. The molecule has 1 rings (SSSR count). The van der Waals surface area contributed by atoms with E-state index >= 15 is 0 Å². The van der Waals surface area contributed by atoms with Crippen molar-refractivity contribution in [3.05, 3.63) is 0 Å². The molecule has 128 valence electrons. The van der Waals surface area contributed by atoms with Gasteiger partial charge in [-0.05, 0) is 40.5 Å². The van der Waals surface area contributed by atoms with Crippen molar-refractivity contribution in [1.29, 1.82) is 0 Å². The Hall–Kier alpha value is -1.14. The maximum Gasteiger partial charge on any atom is 0.320 e. The first-order valence-electron chi connectivity index (χ1n) is 7.95. The molecule has 0 saturated carbocycles. The Morgan fingerprint density at radius 2 is 1.95 bits per heavy atom.